The van der Waals surface area contributed by atoms with Crippen LogP contribution in [0.5, 0.6) is 0 Å². The highest BCUT2D eigenvalue weighted by atomic mass is 19.1. The molecule has 0 heterocycles. The first-order chi connectivity index (χ1) is 9.47. The third kappa shape index (κ3) is 4.78. The fraction of sp³-hybridized carbons (Fsp3) is 0.647. The molecule has 1 aromatic carbocycles. The van der Waals surface area contributed by atoms with E-state index in [9.17, 15) is 4.39 Å². The molecule has 0 fully saturated rings. The zero-order valence-corrected chi connectivity index (χ0v) is 13.5. The van der Waals surface area contributed by atoms with Gasteiger partial charge in [-0.2, -0.15) is 0 Å². The van der Waals surface area contributed by atoms with Crippen molar-refractivity contribution < 1.29 is 4.39 Å². The lowest BCUT2D eigenvalue weighted by Gasteiger charge is -2.26. The van der Waals surface area contributed by atoms with E-state index in [1.54, 1.807) is 12.1 Å². The van der Waals surface area contributed by atoms with Crippen LogP contribution in [0.1, 0.15) is 52.1 Å². The minimum atomic E-state index is -0.126. The van der Waals surface area contributed by atoms with Gasteiger partial charge in [-0.15, -0.1) is 0 Å². The average Bonchev–Trinajstić information content (AvgIpc) is 2.41. The zero-order valence-electron chi connectivity index (χ0n) is 13.5. The summed E-state index contributed by atoms with van der Waals surface area (Å²) in [4.78, 5) is 2.05. The van der Waals surface area contributed by atoms with Crippen molar-refractivity contribution in [1.82, 2.24) is 5.32 Å². The van der Waals surface area contributed by atoms with E-state index in [2.05, 4.69) is 37.9 Å². The van der Waals surface area contributed by atoms with Gasteiger partial charge in [0.2, 0.25) is 0 Å². The molecule has 1 aromatic rings. The lowest BCUT2D eigenvalue weighted by molar-refractivity contribution is 0.550. The Bertz CT molecular complexity index is 404. The molecule has 0 spiro atoms. The molecule has 0 aliphatic rings. The van der Waals surface area contributed by atoms with E-state index in [-0.39, 0.29) is 11.9 Å². The predicted octanol–water partition coefficient (Wildman–Crippen LogP) is 4.37. The molecule has 20 heavy (non-hydrogen) atoms. The molecule has 1 unspecified atom stereocenters. The summed E-state index contributed by atoms with van der Waals surface area (Å²) in [6.07, 6.45) is 2.15. The SMILES string of the molecule is CCCNC(C)c1cccc(F)c1N(C)CCC(C)C. The first-order valence-electron chi connectivity index (χ1n) is 7.70. The molecule has 0 bridgehead atoms. The third-order valence-corrected chi connectivity index (χ3v) is 3.61. The van der Waals surface area contributed by atoms with E-state index < -0.39 is 0 Å². The van der Waals surface area contributed by atoms with Crippen molar-refractivity contribution in [2.45, 2.75) is 46.6 Å². The molecule has 1 N–H and O–H groups in total. The Balaban J connectivity index is 2.92. The summed E-state index contributed by atoms with van der Waals surface area (Å²) in [6.45, 7) is 10.5. The fourth-order valence-electron chi connectivity index (χ4n) is 2.32. The maximum atomic E-state index is 14.2. The van der Waals surface area contributed by atoms with Gasteiger partial charge in [-0.1, -0.05) is 32.9 Å². The molecule has 0 saturated heterocycles. The number of hydrogen-bond donors (Lipinski definition) is 1. The van der Waals surface area contributed by atoms with Gasteiger partial charge in [0.15, 0.2) is 0 Å². The topological polar surface area (TPSA) is 15.3 Å². The van der Waals surface area contributed by atoms with Crippen molar-refractivity contribution in [3.05, 3.63) is 29.6 Å². The minimum Gasteiger partial charge on any atom is -0.372 e. The predicted molar refractivity (Wildman–Crippen MR) is 85.8 cm³/mol. The van der Waals surface area contributed by atoms with Gasteiger partial charge in [0, 0.05) is 19.6 Å². The first-order valence-corrected chi connectivity index (χ1v) is 7.70. The maximum Gasteiger partial charge on any atom is 0.146 e. The number of benzene rings is 1. The summed E-state index contributed by atoms with van der Waals surface area (Å²) in [6, 6.07) is 5.55. The molecular weight excluding hydrogens is 251 g/mol. The molecule has 0 saturated carbocycles. The van der Waals surface area contributed by atoms with Crippen molar-refractivity contribution in [2.75, 3.05) is 25.0 Å². The van der Waals surface area contributed by atoms with Gasteiger partial charge >= 0.3 is 0 Å². The number of rotatable bonds is 8. The maximum absolute atomic E-state index is 14.2. The second kappa shape index (κ2) is 8.25. The summed E-state index contributed by atoms with van der Waals surface area (Å²) in [7, 11) is 1.98. The summed E-state index contributed by atoms with van der Waals surface area (Å²) in [5.74, 6) is 0.502. The lowest BCUT2D eigenvalue weighted by atomic mass is 10.0. The van der Waals surface area contributed by atoms with Gasteiger partial charge in [0.05, 0.1) is 5.69 Å². The molecule has 0 aromatic heterocycles. The molecule has 3 heteroatoms. The molecule has 0 radical (unpaired) electrons. The Morgan fingerprint density at radius 2 is 1.95 bits per heavy atom. The van der Waals surface area contributed by atoms with Crippen molar-refractivity contribution in [3.63, 3.8) is 0 Å². The van der Waals surface area contributed by atoms with E-state index in [0.29, 0.717) is 5.92 Å². The Labute approximate surface area is 123 Å². The van der Waals surface area contributed by atoms with Crippen LogP contribution in [-0.2, 0) is 0 Å². The summed E-state index contributed by atoms with van der Waals surface area (Å²) in [5, 5.41) is 3.44. The molecule has 1 rings (SSSR count). The van der Waals surface area contributed by atoms with Crippen LogP contribution in [0.4, 0.5) is 10.1 Å². The van der Waals surface area contributed by atoms with Gasteiger partial charge in [-0.3, -0.25) is 0 Å². The third-order valence-electron chi connectivity index (χ3n) is 3.61. The van der Waals surface area contributed by atoms with Gasteiger partial charge in [0.1, 0.15) is 5.82 Å². The molecule has 114 valence electrons. The van der Waals surface area contributed by atoms with Gasteiger partial charge in [-0.25, -0.2) is 4.39 Å². The molecule has 0 aliphatic heterocycles. The zero-order chi connectivity index (χ0) is 15.1. The highest BCUT2D eigenvalue weighted by Gasteiger charge is 2.17. The van der Waals surface area contributed by atoms with Crippen LogP contribution in [0.15, 0.2) is 18.2 Å². The summed E-state index contributed by atoms with van der Waals surface area (Å²) >= 11 is 0. The molecule has 2 nitrogen and oxygen atoms in total. The van der Waals surface area contributed by atoms with Gasteiger partial charge < -0.3 is 10.2 Å². The van der Waals surface area contributed by atoms with Crippen LogP contribution in [0.2, 0.25) is 0 Å². The number of hydrogen-bond acceptors (Lipinski definition) is 2. The van der Waals surface area contributed by atoms with Gasteiger partial charge in [0.25, 0.3) is 0 Å². The normalized spacial score (nSPS) is 12.8. The van der Waals surface area contributed by atoms with Crippen molar-refractivity contribution in [1.29, 1.82) is 0 Å². The highest BCUT2D eigenvalue weighted by Crippen LogP contribution is 2.29. The average molecular weight is 280 g/mol. The fourth-order valence-corrected chi connectivity index (χ4v) is 2.32. The van der Waals surface area contributed by atoms with E-state index in [4.69, 9.17) is 0 Å². The Kier molecular flexibility index (Phi) is 7.00. The van der Waals surface area contributed by atoms with Crippen LogP contribution in [0, 0.1) is 11.7 Å². The van der Waals surface area contributed by atoms with Crippen molar-refractivity contribution in [2.24, 2.45) is 5.92 Å². The second-order valence-corrected chi connectivity index (χ2v) is 5.96. The van der Waals surface area contributed by atoms with E-state index in [1.165, 1.54) is 0 Å². The van der Waals surface area contributed by atoms with Crippen molar-refractivity contribution >= 4 is 5.69 Å². The number of anilines is 1. The molecule has 0 amide bonds. The number of nitrogens with zero attached hydrogens (tertiary/aromatic N) is 1. The van der Waals surface area contributed by atoms with Crippen molar-refractivity contribution in [3.8, 4) is 0 Å². The number of para-hydroxylation sites is 1. The second-order valence-electron chi connectivity index (χ2n) is 5.96. The monoisotopic (exact) mass is 280 g/mol. The first kappa shape index (κ1) is 17.0. The van der Waals surface area contributed by atoms with Crippen LogP contribution in [-0.4, -0.2) is 20.1 Å². The van der Waals surface area contributed by atoms with Crippen LogP contribution in [0.3, 0.4) is 0 Å². The highest BCUT2D eigenvalue weighted by molar-refractivity contribution is 5.55. The smallest absolute Gasteiger partial charge is 0.146 e. The van der Waals surface area contributed by atoms with Crippen LogP contribution in [0.25, 0.3) is 0 Å². The van der Waals surface area contributed by atoms with Crippen LogP contribution < -0.4 is 10.2 Å². The summed E-state index contributed by atoms with van der Waals surface area (Å²) in [5.41, 5.74) is 1.79. The number of nitrogens with one attached hydrogen (secondary N) is 1. The quantitative estimate of drug-likeness (QED) is 0.760. The van der Waals surface area contributed by atoms with Crippen LogP contribution >= 0.6 is 0 Å². The number of halogens is 1. The molecule has 0 aliphatic carbocycles. The molecular formula is C17H29FN2. The largest absolute Gasteiger partial charge is 0.372 e. The van der Waals surface area contributed by atoms with E-state index >= 15 is 0 Å². The Hall–Kier alpha value is -1.09. The Morgan fingerprint density at radius 1 is 1.25 bits per heavy atom. The van der Waals surface area contributed by atoms with E-state index in [1.807, 2.05) is 13.1 Å². The minimum absolute atomic E-state index is 0.126. The van der Waals surface area contributed by atoms with E-state index in [0.717, 1.165) is 37.2 Å². The van der Waals surface area contributed by atoms with Gasteiger partial charge in [-0.05, 0) is 43.9 Å². The lowest BCUT2D eigenvalue weighted by Crippen LogP contribution is -2.26. The summed E-state index contributed by atoms with van der Waals surface area (Å²) < 4.78 is 14.2. The standard InChI is InChI=1S/C17H29FN2/c1-6-11-19-14(4)15-8-7-9-16(18)17(15)20(5)12-10-13(2)3/h7-9,13-14,19H,6,10-12H2,1-5H3. The Morgan fingerprint density at radius 3 is 2.55 bits per heavy atom. The molecule has 1 atom stereocenters.